The Morgan fingerprint density at radius 2 is 2.00 bits per heavy atom. The highest BCUT2D eigenvalue weighted by Crippen LogP contribution is 2.18. The largest absolute Gasteiger partial charge is 0.358 e. The lowest BCUT2D eigenvalue weighted by Crippen LogP contribution is -2.48. The molecule has 1 fully saturated rings. The zero-order valence-corrected chi connectivity index (χ0v) is 13.6. The van der Waals surface area contributed by atoms with Crippen LogP contribution in [0.3, 0.4) is 0 Å². The second-order valence-electron chi connectivity index (χ2n) is 5.56. The Labute approximate surface area is 143 Å². The van der Waals surface area contributed by atoms with Gasteiger partial charge in [0.05, 0.1) is 6.07 Å². The van der Waals surface area contributed by atoms with Crippen LogP contribution < -0.4 is 0 Å². The number of nitrogens with zero attached hydrogens (tertiary/aromatic N) is 4. The number of benzene rings is 1. The van der Waals surface area contributed by atoms with Crippen molar-refractivity contribution in [2.45, 2.75) is 6.54 Å². The number of aromatic amines is 1. The van der Waals surface area contributed by atoms with Gasteiger partial charge in [0.15, 0.2) is 5.69 Å². The van der Waals surface area contributed by atoms with E-state index in [1.807, 2.05) is 24.3 Å². The van der Waals surface area contributed by atoms with Crippen molar-refractivity contribution in [2.75, 3.05) is 26.2 Å². The number of nitrogens with one attached hydrogen (secondary N) is 1. The van der Waals surface area contributed by atoms with Crippen molar-refractivity contribution >= 4 is 23.3 Å². The molecule has 0 saturated carbocycles. The molecule has 0 spiro atoms. The van der Waals surface area contributed by atoms with Crippen molar-refractivity contribution in [3.05, 3.63) is 56.7 Å². The first-order valence-corrected chi connectivity index (χ1v) is 7.87. The maximum atomic E-state index is 12.3. The van der Waals surface area contributed by atoms with Crippen LogP contribution in [0, 0.1) is 10.1 Å². The molecule has 1 aromatic carbocycles. The van der Waals surface area contributed by atoms with Gasteiger partial charge in [0.2, 0.25) is 0 Å². The third-order valence-electron chi connectivity index (χ3n) is 3.99. The molecule has 2 heterocycles. The average Bonchev–Trinajstić information content (AvgIpc) is 3.07. The minimum absolute atomic E-state index is 0.0706. The van der Waals surface area contributed by atoms with Crippen LogP contribution in [-0.2, 0) is 6.54 Å². The molecule has 126 valence electrons. The molecule has 0 atom stereocenters. The van der Waals surface area contributed by atoms with Gasteiger partial charge in [-0.3, -0.25) is 9.69 Å². The molecule has 1 aliphatic heterocycles. The molecule has 1 aliphatic rings. The van der Waals surface area contributed by atoms with Gasteiger partial charge in [0, 0.05) is 37.7 Å². The molecule has 9 heteroatoms. The molecule has 0 bridgehead atoms. The summed E-state index contributed by atoms with van der Waals surface area (Å²) in [5.41, 5.74) is 1.13. The fourth-order valence-electron chi connectivity index (χ4n) is 2.65. The summed E-state index contributed by atoms with van der Waals surface area (Å²) in [6.45, 7) is 3.25. The summed E-state index contributed by atoms with van der Waals surface area (Å²) < 4.78 is 0. The topological polar surface area (TPSA) is 95.4 Å². The molecule has 3 rings (SSSR count). The Kier molecular flexibility index (Phi) is 4.77. The van der Waals surface area contributed by atoms with Crippen LogP contribution in [0.5, 0.6) is 0 Å². The van der Waals surface area contributed by atoms with Gasteiger partial charge >= 0.3 is 5.82 Å². The van der Waals surface area contributed by atoms with Crippen molar-refractivity contribution in [1.29, 1.82) is 0 Å². The molecule has 1 saturated heterocycles. The van der Waals surface area contributed by atoms with Gasteiger partial charge in [-0.1, -0.05) is 34.9 Å². The second-order valence-corrected chi connectivity index (χ2v) is 5.96. The minimum Gasteiger partial charge on any atom is -0.358 e. The predicted octanol–water partition coefficient (Wildman–Crippen LogP) is 1.93. The van der Waals surface area contributed by atoms with Crippen LogP contribution in [0.25, 0.3) is 0 Å². The molecule has 0 aliphatic carbocycles. The lowest BCUT2D eigenvalue weighted by Gasteiger charge is -2.34. The van der Waals surface area contributed by atoms with Gasteiger partial charge in [0.25, 0.3) is 5.91 Å². The van der Waals surface area contributed by atoms with Crippen LogP contribution in [0.15, 0.2) is 30.3 Å². The van der Waals surface area contributed by atoms with Gasteiger partial charge in [-0.05, 0) is 16.6 Å². The summed E-state index contributed by atoms with van der Waals surface area (Å²) in [7, 11) is 0. The van der Waals surface area contributed by atoms with Crippen molar-refractivity contribution in [3.8, 4) is 0 Å². The number of halogens is 1. The van der Waals surface area contributed by atoms with E-state index < -0.39 is 4.92 Å². The molecule has 8 nitrogen and oxygen atoms in total. The fraction of sp³-hybridized carbons (Fsp3) is 0.333. The maximum absolute atomic E-state index is 12.3. The number of nitro groups is 1. The molecule has 0 radical (unpaired) electrons. The summed E-state index contributed by atoms with van der Waals surface area (Å²) in [5, 5.41) is 17.4. The Morgan fingerprint density at radius 3 is 2.62 bits per heavy atom. The number of carbonyl (C=O) groups excluding carboxylic acids is 1. The standard InChI is InChI=1S/C15H16ClN5O3/c16-12-4-2-1-3-11(12)10-19-5-7-20(8-6-19)15(22)13-9-14(18-17-13)21(23)24/h1-4,9H,5-8,10H2,(H,17,18). The quantitative estimate of drug-likeness (QED) is 0.672. The lowest BCUT2D eigenvalue weighted by atomic mass is 10.2. The van der Waals surface area contributed by atoms with Crippen LogP contribution in [-0.4, -0.2) is 57.0 Å². The number of H-pyrrole nitrogens is 1. The van der Waals surface area contributed by atoms with Gasteiger partial charge in [0.1, 0.15) is 0 Å². The Balaban J connectivity index is 1.57. The predicted molar refractivity (Wildman–Crippen MR) is 87.9 cm³/mol. The number of hydrogen-bond acceptors (Lipinski definition) is 5. The van der Waals surface area contributed by atoms with Crippen molar-refractivity contribution in [2.24, 2.45) is 0 Å². The van der Waals surface area contributed by atoms with Crippen LogP contribution in [0.4, 0.5) is 5.82 Å². The Bertz CT molecular complexity index is 755. The fourth-order valence-corrected chi connectivity index (χ4v) is 2.85. The number of hydrogen-bond donors (Lipinski definition) is 1. The highest BCUT2D eigenvalue weighted by Gasteiger charge is 2.26. The van der Waals surface area contributed by atoms with E-state index >= 15 is 0 Å². The summed E-state index contributed by atoms with van der Waals surface area (Å²) >= 11 is 6.17. The van der Waals surface area contributed by atoms with Crippen molar-refractivity contribution in [1.82, 2.24) is 20.0 Å². The van der Waals surface area contributed by atoms with E-state index in [0.717, 1.165) is 17.1 Å². The van der Waals surface area contributed by atoms with Gasteiger partial charge < -0.3 is 15.0 Å². The van der Waals surface area contributed by atoms with E-state index in [1.54, 1.807) is 4.90 Å². The maximum Gasteiger partial charge on any atom is 0.343 e. The normalized spacial score (nSPS) is 15.5. The van der Waals surface area contributed by atoms with Crippen molar-refractivity contribution < 1.29 is 9.72 Å². The number of amides is 1. The number of carbonyl (C=O) groups is 1. The number of rotatable bonds is 4. The van der Waals surface area contributed by atoms with Gasteiger partial charge in [-0.25, -0.2) is 0 Å². The summed E-state index contributed by atoms with van der Waals surface area (Å²) in [6, 6.07) is 8.86. The average molecular weight is 350 g/mol. The Morgan fingerprint density at radius 1 is 1.29 bits per heavy atom. The van der Waals surface area contributed by atoms with Crippen LogP contribution in [0.2, 0.25) is 5.02 Å². The van der Waals surface area contributed by atoms with E-state index in [0.29, 0.717) is 26.2 Å². The van der Waals surface area contributed by atoms with Crippen LogP contribution in [0.1, 0.15) is 16.1 Å². The second kappa shape index (κ2) is 6.98. The highest BCUT2D eigenvalue weighted by molar-refractivity contribution is 6.31. The van der Waals surface area contributed by atoms with E-state index in [4.69, 9.17) is 11.6 Å². The first kappa shape index (κ1) is 16.4. The third kappa shape index (κ3) is 3.55. The van der Waals surface area contributed by atoms with Crippen molar-refractivity contribution in [3.63, 3.8) is 0 Å². The SMILES string of the molecule is O=C(c1cc([N+](=O)[O-])[nH]n1)N1CCN(Cc2ccccc2Cl)CC1. The number of piperazine rings is 1. The van der Waals surface area contributed by atoms with E-state index in [9.17, 15) is 14.9 Å². The molecule has 1 aromatic heterocycles. The number of aromatic nitrogens is 2. The third-order valence-corrected chi connectivity index (χ3v) is 4.36. The zero-order valence-electron chi connectivity index (χ0n) is 12.8. The highest BCUT2D eigenvalue weighted by atomic mass is 35.5. The van der Waals surface area contributed by atoms with E-state index in [1.165, 1.54) is 6.07 Å². The van der Waals surface area contributed by atoms with Crippen LogP contribution >= 0.6 is 11.6 Å². The molecule has 2 aromatic rings. The molecular weight excluding hydrogens is 334 g/mol. The first-order chi connectivity index (χ1) is 11.5. The minimum atomic E-state index is -0.606. The summed E-state index contributed by atoms with van der Waals surface area (Å²) in [6.07, 6.45) is 0. The first-order valence-electron chi connectivity index (χ1n) is 7.49. The monoisotopic (exact) mass is 349 g/mol. The summed E-state index contributed by atoms with van der Waals surface area (Å²) in [5.74, 6) is -0.576. The molecule has 0 unspecified atom stereocenters. The molecular formula is C15H16ClN5O3. The molecule has 1 amide bonds. The zero-order chi connectivity index (χ0) is 17.1. The summed E-state index contributed by atoms with van der Waals surface area (Å²) in [4.78, 5) is 26.3. The van der Waals surface area contributed by atoms with E-state index in [-0.39, 0.29) is 17.4 Å². The smallest absolute Gasteiger partial charge is 0.343 e. The lowest BCUT2D eigenvalue weighted by molar-refractivity contribution is -0.389. The van der Waals surface area contributed by atoms with E-state index in [2.05, 4.69) is 15.1 Å². The Hall–Kier alpha value is -2.45. The van der Waals surface area contributed by atoms with Gasteiger partial charge in [-0.15, -0.1) is 5.10 Å². The van der Waals surface area contributed by atoms with Gasteiger partial charge in [-0.2, -0.15) is 0 Å². The molecule has 24 heavy (non-hydrogen) atoms. The molecule has 1 N–H and O–H groups in total.